The first-order chi connectivity index (χ1) is 10.3. The van der Waals surface area contributed by atoms with Crippen LogP contribution in [-0.4, -0.2) is 16.6 Å². The van der Waals surface area contributed by atoms with E-state index in [1.54, 1.807) is 6.26 Å². The molecule has 1 aliphatic rings. The van der Waals surface area contributed by atoms with E-state index in [2.05, 4.69) is 34.0 Å². The molecule has 3 rings (SSSR count). The number of furan rings is 1. The monoisotopic (exact) mass is 317 g/mol. The number of hydrogen-bond donors (Lipinski definition) is 2. The number of fused-ring (bicyclic) bond motifs is 1. The second kappa shape index (κ2) is 6.78. The first kappa shape index (κ1) is 14.2. The van der Waals surface area contributed by atoms with Gasteiger partial charge in [0.25, 0.3) is 0 Å². The molecule has 2 aromatic rings. The molecule has 0 radical (unpaired) electrons. The third-order valence-corrected chi connectivity index (χ3v) is 4.35. The molecule has 2 heterocycles. The summed E-state index contributed by atoms with van der Waals surface area (Å²) in [7, 11) is 0. The molecule has 1 aliphatic heterocycles. The molecule has 0 saturated carbocycles. The summed E-state index contributed by atoms with van der Waals surface area (Å²) in [5.41, 5.74) is 6.47. The molecule has 0 atom stereocenters. The quantitative estimate of drug-likeness (QED) is 0.673. The van der Waals surface area contributed by atoms with Crippen LogP contribution in [0, 0.1) is 0 Å². The maximum atomic E-state index is 5.24. The van der Waals surface area contributed by atoms with Crippen molar-refractivity contribution in [3.8, 4) is 0 Å². The van der Waals surface area contributed by atoms with Gasteiger partial charge in [-0.3, -0.25) is 5.43 Å². The van der Waals surface area contributed by atoms with Gasteiger partial charge >= 0.3 is 0 Å². The molecule has 0 spiro atoms. The highest BCUT2D eigenvalue weighted by Gasteiger charge is 2.15. The molecule has 0 saturated heterocycles. The summed E-state index contributed by atoms with van der Waals surface area (Å²) in [6, 6.07) is 12.1. The van der Waals surface area contributed by atoms with Gasteiger partial charge in [-0.15, -0.1) is 0 Å². The van der Waals surface area contributed by atoms with E-state index >= 15 is 0 Å². The topological polar surface area (TPSA) is 49.6 Å². The van der Waals surface area contributed by atoms with Crippen LogP contribution < -0.4 is 10.7 Å². The van der Waals surface area contributed by atoms with Crippen LogP contribution in [0.25, 0.3) is 0 Å². The van der Waals surface area contributed by atoms with E-state index in [9.17, 15) is 0 Å². The van der Waals surface area contributed by atoms with E-state index in [0.717, 1.165) is 23.0 Å². The van der Waals surface area contributed by atoms with E-state index in [1.165, 1.54) is 11.1 Å². The first-order valence-corrected chi connectivity index (χ1v) is 8.18. The van der Waals surface area contributed by atoms with E-state index < -0.39 is 0 Å². The standard InChI is InChI=1S/C15H15N3OS2/c20-15(16-8-12-5-3-7-19-12)18-17-14-10-21-9-11-4-1-2-6-13(11)14/h1-7H,8-10H2,(H2,16,18,20)/b17-14+. The molecule has 0 amide bonds. The predicted molar refractivity (Wildman–Crippen MR) is 90.4 cm³/mol. The summed E-state index contributed by atoms with van der Waals surface area (Å²) >= 11 is 7.08. The summed E-state index contributed by atoms with van der Waals surface area (Å²) in [6.45, 7) is 0.551. The van der Waals surface area contributed by atoms with Gasteiger partial charge in [0, 0.05) is 17.1 Å². The van der Waals surface area contributed by atoms with Crippen molar-refractivity contribution in [1.29, 1.82) is 0 Å². The number of benzene rings is 1. The van der Waals surface area contributed by atoms with Gasteiger partial charge in [-0.1, -0.05) is 24.3 Å². The fourth-order valence-corrected chi connectivity index (χ4v) is 3.20. The summed E-state index contributed by atoms with van der Waals surface area (Å²) in [4.78, 5) is 0. The van der Waals surface area contributed by atoms with Gasteiger partial charge in [0.05, 0.1) is 18.5 Å². The second-order valence-electron chi connectivity index (χ2n) is 4.58. The predicted octanol–water partition coefficient (Wildman–Crippen LogP) is 2.89. The summed E-state index contributed by atoms with van der Waals surface area (Å²) in [5, 5.41) is 7.99. The van der Waals surface area contributed by atoms with Gasteiger partial charge in [-0.25, -0.2) is 0 Å². The number of nitrogens with zero attached hydrogens (tertiary/aromatic N) is 1. The third-order valence-electron chi connectivity index (χ3n) is 3.12. The fourth-order valence-electron chi connectivity index (χ4n) is 2.09. The van der Waals surface area contributed by atoms with E-state index in [0.29, 0.717) is 11.7 Å². The Hall–Kier alpha value is -1.79. The zero-order chi connectivity index (χ0) is 14.5. The van der Waals surface area contributed by atoms with Crippen molar-refractivity contribution in [3.63, 3.8) is 0 Å². The number of hydrazone groups is 1. The molecule has 6 heteroatoms. The van der Waals surface area contributed by atoms with Crippen LogP contribution in [0.2, 0.25) is 0 Å². The van der Waals surface area contributed by atoms with Crippen LogP contribution in [0.15, 0.2) is 52.2 Å². The van der Waals surface area contributed by atoms with Gasteiger partial charge in [0.15, 0.2) is 5.11 Å². The minimum absolute atomic E-state index is 0.493. The number of hydrogen-bond acceptors (Lipinski definition) is 4. The molecule has 2 N–H and O–H groups in total. The van der Waals surface area contributed by atoms with Crippen molar-refractivity contribution in [2.75, 3.05) is 5.75 Å². The van der Waals surface area contributed by atoms with Gasteiger partial charge in [0.2, 0.25) is 0 Å². The Morgan fingerprint density at radius 2 is 2.14 bits per heavy atom. The van der Waals surface area contributed by atoms with E-state index in [-0.39, 0.29) is 0 Å². The minimum Gasteiger partial charge on any atom is -0.467 e. The number of nitrogens with one attached hydrogen (secondary N) is 2. The lowest BCUT2D eigenvalue weighted by Crippen LogP contribution is -2.32. The maximum absolute atomic E-state index is 5.24. The normalized spacial score (nSPS) is 15.5. The first-order valence-electron chi connectivity index (χ1n) is 6.62. The van der Waals surface area contributed by atoms with E-state index in [4.69, 9.17) is 16.6 Å². The summed E-state index contributed by atoms with van der Waals surface area (Å²) in [6.07, 6.45) is 1.64. The molecule has 21 heavy (non-hydrogen) atoms. The smallest absolute Gasteiger partial charge is 0.187 e. The molecule has 0 aliphatic carbocycles. The molecule has 1 aromatic carbocycles. The van der Waals surface area contributed by atoms with Crippen molar-refractivity contribution in [3.05, 3.63) is 59.5 Å². The summed E-state index contributed by atoms with van der Waals surface area (Å²) in [5.74, 6) is 2.77. The zero-order valence-electron chi connectivity index (χ0n) is 11.3. The fraction of sp³-hybridized carbons (Fsp3) is 0.200. The van der Waals surface area contributed by atoms with Crippen molar-refractivity contribution in [2.45, 2.75) is 12.3 Å². The Morgan fingerprint density at radius 1 is 1.24 bits per heavy atom. The van der Waals surface area contributed by atoms with Crippen LogP contribution in [0.1, 0.15) is 16.9 Å². The van der Waals surface area contributed by atoms with Crippen LogP contribution in [-0.2, 0) is 12.3 Å². The SMILES string of the molecule is S=C(NCc1ccco1)N/N=C1\CSCc2ccccc21. The molecule has 108 valence electrons. The van der Waals surface area contributed by atoms with Crippen LogP contribution in [0.3, 0.4) is 0 Å². The van der Waals surface area contributed by atoms with E-state index in [1.807, 2.05) is 30.0 Å². The van der Waals surface area contributed by atoms with Crippen molar-refractivity contribution < 1.29 is 4.42 Å². The number of thioether (sulfide) groups is 1. The Bertz CT molecular complexity index is 653. The molecule has 0 unspecified atom stereocenters. The zero-order valence-corrected chi connectivity index (χ0v) is 13.0. The van der Waals surface area contributed by atoms with Gasteiger partial charge in [-0.2, -0.15) is 16.9 Å². The van der Waals surface area contributed by atoms with Crippen LogP contribution in [0.5, 0.6) is 0 Å². The van der Waals surface area contributed by atoms with Crippen molar-refractivity contribution >= 4 is 34.8 Å². The molecular formula is C15H15N3OS2. The minimum atomic E-state index is 0.493. The highest BCUT2D eigenvalue weighted by Crippen LogP contribution is 2.24. The van der Waals surface area contributed by atoms with Crippen LogP contribution >= 0.6 is 24.0 Å². The number of thiocarbonyl (C=S) groups is 1. The van der Waals surface area contributed by atoms with Gasteiger partial charge < -0.3 is 9.73 Å². The highest BCUT2D eigenvalue weighted by atomic mass is 32.2. The maximum Gasteiger partial charge on any atom is 0.187 e. The summed E-state index contributed by atoms with van der Waals surface area (Å²) < 4.78 is 5.24. The lowest BCUT2D eigenvalue weighted by molar-refractivity contribution is 0.502. The number of rotatable bonds is 3. The van der Waals surface area contributed by atoms with Gasteiger partial charge in [-0.05, 0) is 29.9 Å². The van der Waals surface area contributed by atoms with Crippen molar-refractivity contribution in [1.82, 2.24) is 10.7 Å². The highest BCUT2D eigenvalue weighted by molar-refractivity contribution is 7.99. The third kappa shape index (κ3) is 3.65. The second-order valence-corrected chi connectivity index (χ2v) is 5.98. The van der Waals surface area contributed by atoms with Crippen molar-refractivity contribution in [2.24, 2.45) is 5.10 Å². The molecule has 0 fully saturated rings. The molecular weight excluding hydrogens is 302 g/mol. The largest absolute Gasteiger partial charge is 0.467 e. The Labute approximate surface area is 133 Å². The average Bonchev–Trinajstić information content (AvgIpc) is 3.04. The Kier molecular flexibility index (Phi) is 4.57. The molecule has 0 bridgehead atoms. The lowest BCUT2D eigenvalue weighted by Gasteiger charge is -2.17. The molecule has 4 nitrogen and oxygen atoms in total. The average molecular weight is 317 g/mol. The van der Waals surface area contributed by atoms with Gasteiger partial charge in [0.1, 0.15) is 5.76 Å². The Morgan fingerprint density at radius 3 is 3.00 bits per heavy atom. The Balaban J connectivity index is 1.60. The molecule has 1 aromatic heterocycles. The lowest BCUT2D eigenvalue weighted by atomic mass is 10.1. The van der Waals surface area contributed by atoms with Crippen LogP contribution in [0.4, 0.5) is 0 Å².